The van der Waals surface area contributed by atoms with E-state index < -0.39 is 40.6 Å². The van der Waals surface area contributed by atoms with Gasteiger partial charge in [0.05, 0.1) is 10.6 Å². The SMILES string of the molecule is O=C(Nc1ccc2oc(-c3ccc(Cl)cc3Cl)nc2c1)c1c(F)c(F)c(F)c(F)c1F. The smallest absolute Gasteiger partial charge is 0.261 e. The molecule has 0 unspecified atom stereocenters. The molecule has 4 nitrogen and oxygen atoms in total. The molecule has 0 saturated carbocycles. The van der Waals surface area contributed by atoms with E-state index in [1.807, 2.05) is 0 Å². The molecule has 31 heavy (non-hydrogen) atoms. The molecular weight excluding hydrogens is 466 g/mol. The van der Waals surface area contributed by atoms with Gasteiger partial charge in [0, 0.05) is 10.7 Å². The Morgan fingerprint density at radius 3 is 2.16 bits per heavy atom. The van der Waals surface area contributed by atoms with Crippen LogP contribution in [0.4, 0.5) is 27.6 Å². The van der Waals surface area contributed by atoms with E-state index in [9.17, 15) is 26.7 Å². The Morgan fingerprint density at radius 2 is 1.52 bits per heavy atom. The number of rotatable bonds is 3. The Hall–Kier alpha value is -3.17. The molecule has 4 rings (SSSR count). The third kappa shape index (κ3) is 3.70. The summed E-state index contributed by atoms with van der Waals surface area (Å²) in [5, 5.41) is 2.76. The van der Waals surface area contributed by atoms with Crippen LogP contribution >= 0.6 is 23.2 Å². The predicted octanol–water partition coefficient (Wildman–Crippen LogP) is 6.75. The van der Waals surface area contributed by atoms with Crippen LogP contribution in [0.25, 0.3) is 22.6 Å². The van der Waals surface area contributed by atoms with E-state index in [1.54, 1.807) is 12.1 Å². The highest BCUT2D eigenvalue weighted by atomic mass is 35.5. The molecule has 1 heterocycles. The highest BCUT2D eigenvalue weighted by molar-refractivity contribution is 6.36. The van der Waals surface area contributed by atoms with Crippen molar-refractivity contribution >= 4 is 45.9 Å². The summed E-state index contributed by atoms with van der Waals surface area (Å²) in [6, 6.07) is 8.63. The van der Waals surface area contributed by atoms with Crippen LogP contribution in [-0.4, -0.2) is 10.9 Å². The molecule has 0 spiro atoms. The van der Waals surface area contributed by atoms with Crippen LogP contribution in [-0.2, 0) is 0 Å². The summed E-state index contributed by atoms with van der Waals surface area (Å²) >= 11 is 12.0. The first kappa shape index (κ1) is 21.1. The molecule has 0 bridgehead atoms. The van der Waals surface area contributed by atoms with Crippen LogP contribution in [0.5, 0.6) is 0 Å². The maximum absolute atomic E-state index is 13.8. The molecule has 0 aliphatic carbocycles. The van der Waals surface area contributed by atoms with Gasteiger partial charge in [-0.2, -0.15) is 0 Å². The molecule has 0 radical (unpaired) electrons. The van der Waals surface area contributed by atoms with Crippen molar-refractivity contribution in [2.45, 2.75) is 0 Å². The minimum absolute atomic E-state index is 0.0245. The molecular formula is C20H7Cl2F5N2O2. The second-order valence-corrected chi connectivity index (χ2v) is 7.07. The maximum atomic E-state index is 13.8. The Balaban J connectivity index is 1.68. The number of carbonyl (C=O) groups excluding carboxylic acids is 1. The quantitative estimate of drug-likeness (QED) is 0.204. The standard InChI is InChI=1S/C20H7Cl2F5N2O2/c21-7-1-3-9(10(22)5-7)20-29-11-6-8(2-4-12(11)31-20)28-19(30)13-14(23)16(25)18(27)17(26)15(13)24/h1-6H,(H,28,30). The Kier molecular flexibility index (Phi) is 5.32. The third-order valence-corrected chi connectivity index (χ3v) is 4.79. The van der Waals surface area contributed by atoms with Gasteiger partial charge in [0.15, 0.2) is 28.9 Å². The third-order valence-electron chi connectivity index (χ3n) is 4.24. The number of amides is 1. The summed E-state index contributed by atoms with van der Waals surface area (Å²) in [5.41, 5.74) is -0.672. The molecule has 158 valence electrons. The van der Waals surface area contributed by atoms with Crippen molar-refractivity contribution < 1.29 is 31.2 Å². The first-order valence-electron chi connectivity index (χ1n) is 8.36. The number of carbonyl (C=O) groups is 1. The van der Waals surface area contributed by atoms with Crippen molar-refractivity contribution in [3.63, 3.8) is 0 Å². The number of nitrogens with zero attached hydrogens (tertiary/aromatic N) is 1. The summed E-state index contributed by atoms with van der Waals surface area (Å²) in [4.78, 5) is 16.4. The molecule has 1 aromatic heterocycles. The van der Waals surface area contributed by atoms with Gasteiger partial charge in [-0.15, -0.1) is 0 Å². The van der Waals surface area contributed by atoms with Crippen molar-refractivity contribution in [2.75, 3.05) is 5.32 Å². The first-order chi connectivity index (χ1) is 14.7. The van der Waals surface area contributed by atoms with E-state index in [4.69, 9.17) is 27.6 Å². The normalized spacial score (nSPS) is 11.2. The van der Waals surface area contributed by atoms with E-state index in [2.05, 4.69) is 10.3 Å². The highest BCUT2D eigenvalue weighted by Crippen LogP contribution is 2.33. The van der Waals surface area contributed by atoms with Gasteiger partial charge in [-0.3, -0.25) is 4.79 Å². The Labute approximate surface area is 180 Å². The van der Waals surface area contributed by atoms with Crippen molar-refractivity contribution in [1.29, 1.82) is 0 Å². The number of nitrogens with one attached hydrogen (secondary N) is 1. The Morgan fingerprint density at radius 1 is 0.871 bits per heavy atom. The van der Waals surface area contributed by atoms with Gasteiger partial charge < -0.3 is 9.73 Å². The molecule has 1 amide bonds. The average molecular weight is 473 g/mol. The molecule has 0 atom stereocenters. The van der Waals surface area contributed by atoms with Crippen molar-refractivity contribution in [3.8, 4) is 11.5 Å². The lowest BCUT2D eigenvalue weighted by atomic mass is 10.1. The zero-order chi connectivity index (χ0) is 22.4. The fourth-order valence-corrected chi connectivity index (χ4v) is 3.27. The van der Waals surface area contributed by atoms with E-state index >= 15 is 0 Å². The fraction of sp³-hybridized carbons (Fsp3) is 0. The zero-order valence-electron chi connectivity index (χ0n) is 14.9. The van der Waals surface area contributed by atoms with E-state index in [0.717, 1.165) is 0 Å². The lowest BCUT2D eigenvalue weighted by Gasteiger charge is -2.09. The van der Waals surface area contributed by atoms with Gasteiger partial charge in [-0.05, 0) is 36.4 Å². The number of fused-ring (bicyclic) bond motifs is 1. The van der Waals surface area contributed by atoms with Gasteiger partial charge in [0.1, 0.15) is 11.1 Å². The topological polar surface area (TPSA) is 55.1 Å². The van der Waals surface area contributed by atoms with Gasteiger partial charge in [0.2, 0.25) is 11.7 Å². The summed E-state index contributed by atoms with van der Waals surface area (Å²) in [5.74, 6) is -12.7. The number of aromatic nitrogens is 1. The van der Waals surface area contributed by atoms with E-state index in [-0.39, 0.29) is 27.7 Å². The zero-order valence-corrected chi connectivity index (χ0v) is 16.4. The van der Waals surface area contributed by atoms with Gasteiger partial charge in [0.25, 0.3) is 5.91 Å². The van der Waals surface area contributed by atoms with Crippen LogP contribution < -0.4 is 5.32 Å². The summed E-state index contributed by atoms with van der Waals surface area (Å²) in [6.07, 6.45) is 0. The number of benzene rings is 3. The van der Waals surface area contributed by atoms with Crippen LogP contribution in [0, 0.1) is 29.1 Å². The molecule has 0 aliphatic heterocycles. The van der Waals surface area contributed by atoms with E-state index in [0.29, 0.717) is 10.6 Å². The Bertz CT molecular complexity index is 1340. The first-order valence-corrected chi connectivity index (χ1v) is 9.11. The summed E-state index contributed by atoms with van der Waals surface area (Å²) < 4.78 is 73.1. The lowest BCUT2D eigenvalue weighted by molar-refractivity contribution is 0.101. The predicted molar refractivity (Wildman–Crippen MR) is 104 cm³/mol. The van der Waals surface area contributed by atoms with Crippen LogP contribution in [0.1, 0.15) is 10.4 Å². The molecule has 3 aromatic carbocycles. The minimum Gasteiger partial charge on any atom is -0.436 e. The largest absolute Gasteiger partial charge is 0.436 e. The average Bonchev–Trinajstić information content (AvgIpc) is 3.14. The second kappa shape index (κ2) is 7.82. The van der Waals surface area contributed by atoms with Crippen LogP contribution in [0.2, 0.25) is 10.0 Å². The fourth-order valence-electron chi connectivity index (χ4n) is 2.78. The lowest BCUT2D eigenvalue weighted by Crippen LogP contribution is -2.19. The number of halogens is 7. The maximum Gasteiger partial charge on any atom is 0.261 e. The van der Waals surface area contributed by atoms with E-state index in [1.165, 1.54) is 24.3 Å². The molecule has 1 N–H and O–H groups in total. The molecule has 0 saturated heterocycles. The van der Waals surface area contributed by atoms with Crippen molar-refractivity contribution in [1.82, 2.24) is 4.98 Å². The van der Waals surface area contributed by atoms with Crippen LogP contribution in [0.3, 0.4) is 0 Å². The molecule has 0 fully saturated rings. The number of hydrogen-bond donors (Lipinski definition) is 1. The summed E-state index contributed by atoms with van der Waals surface area (Å²) in [6.45, 7) is 0. The second-order valence-electron chi connectivity index (χ2n) is 6.22. The van der Waals surface area contributed by atoms with Gasteiger partial charge in [-0.25, -0.2) is 26.9 Å². The molecule has 0 aliphatic rings. The molecule has 11 heteroatoms. The highest BCUT2D eigenvalue weighted by Gasteiger charge is 2.29. The van der Waals surface area contributed by atoms with Gasteiger partial charge in [-0.1, -0.05) is 23.2 Å². The number of oxazole rings is 1. The summed E-state index contributed by atoms with van der Waals surface area (Å²) in [7, 11) is 0. The number of hydrogen-bond acceptors (Lipinski definition) is 3. The van der Waals surface area contributed by atoms with Crippen molar-refractivity contribution in [2.24, 2.45) is 0 Å². The number of anilines is 1. The monoisotopic (exact) mass is 472 g/mol. The molecule has 4 aromatic rings. The van der Waals surface area contributed by atoms with Crippen molar-refractivity contribution in [3.05, 3.63) is 81.1 Å². The van der Waals surface area contributed by atoms with Gasteiger partial charge >= 0.3 is 0 Å². The minimum atomic E-state index is -2.36. The van der Waals surface area contributed by atoms with Crippen LogP contribution in [0.15, 0.2) is 40.8 Å².